The van der Waals surface area contributed by atoms with E-state index >= 15 is 0 Å². The molecule has 1 atom stereocenters. The van der Waals surface area contributed by atoms with Crippen LogP contribution in [0.4, 0.5) is 0 Å². The van der Waals surface area contributed by atoms with Gasteiger partial charge in [-0.05, 0) is 19.9 Å². The molecule has 2 nitrogen and oxygen atoms in total. The summed E-state index contributed by atoms with van der Waals surface area (Å²) in [6.07, 6.45) is 4.50. The highest BCUT2D eigenvalue weighted by molar-refractivity contribution is 5.85. The van der Waals surface area contributed by atoms with Crippen LogP contribution in [-0.4, -0.2) is 10.9 Å². The minimum atomic E-state index is -0.703. The van der Waals surface area contributed by atoms with E-state index in [1.165, 1.54) is 19.1 Å². The molecule has 0 saturated carbocycles. The molecule has 0 aromatic carbocycles. The van der Waals surface area contributed by atoms with Crippen molar-refractivity contribution in [2.75, 3.05) is 0 Å². The van der Waals surface area contributed by atoms with Crippen LogP contribution in [0.25, 0.3) is 0 Å². The summed E-state index contributed by atoms with van der Waals surface area (Å²) in [6, 6.07) is 0. The highest BCUT2D eigenvalue weighted by Gasteiger charge is 2.21. The van der Waals surface area contributed by atoms with E-state index in [2.05, 4.69) is 13.2 Å². The molecule has 0 aliphatic carbocycles. The lowest BCUT2D eigenvalue weighted by Crippen LogP contribution is -2.19. The minimum Gasteiger partial charge on any atom is -0.509 e. The zero-order valence-electron chi connectivity index (χ0n) is 7.50. The Morgan fingerprint density at radius 3 is 2.33 bits per heavy atom. The van der Waals surface area contributed by atoms with Gasteiger partial charge in [0.25, 0.3) is 0 Å². The first-order valence-electron chi connectivity index (χ1n) is 3.64. The van der Waals surface area contributed by atoms with Gasteiger partial charge < -0.3 is 5.11 Å². The smallest absolute Gasteiger partial charge is 0.143 e. The molecule has 66 valence electrons. The zero-order chi connectivity index (χ0) is 9.78. The standard InChI is InChI=1S/C10H14O2/c1-5-10(4,9(3)12)7-6-8(2)11/h5-7,11H,1-2H2,3-4H3/b7-6-. The molecule has 0 aromatic heterocycles. The molecule has 1 N–H and O–H groups in total. The Kier molecular flexibility index (Phi) is 3.48. The van der Waals surface area contributed by atoms with Crippen molar-refractivity contribution < 1.29 is 9.90 Å². The number of aliphatic hydroxyl groups is 1. The van der Waals surface area contributed by atoms with Crippen LogP contribution in [0.2, 0.25) is 0 Å². The summed E-state index contributed by atoms with van der Waals surface area (Å²) >= 11 is 0. The average Bonchev–Trinajstić information content (AvgIpc) is 1.99. The molecule has 0 aliphatic heterocycles. The summed E-state index contributed by atoms with van der Waals surface area (Å²) in [7, 11) is 0. The largest absolute Gasteiger partial charge is 0.509 e. The Labute approximate surface area is 72.9 Å². The Bertz CT molecular complexity index is 238. The van der Waals surface area contributed by atoms with Gasteiger partial charge in [-0.15, -0.1) is 6.58 Å². The second-order valence-corrected chi connectivity index (χ2v) is 2.87. The van der Waals surface area contributed by atoms with Crippen molar-refractivity contribution in [3.8, 4) is 0 Å². The number of ketones is 1. The van der Waals surface area contributed by atoms with Crippen molar-refractivity contribution in [2.24, 2.45) is 5.41 Å². The highest BCUT2D eigenvalue weighted by atomic mass is 16.3. The number of carbonyl (C=O) groups is 1. The normalized spacial score (nSPS) is 15.5. The van der Waals surface area contributed by atoms with Gasteiger partial charge in [0, 0.05) is 0 Å². The van der Waals surface area contributed by atoms with Crippen molar-refractivity contribution in [1.82, 2.24) is 0 Å². The fourth-order valence-electron chi connectivity index (χ4n) is 0.598. The molecule has 0 spiro atoms. The van der Waals surface area contributed by atoms with Crippen molar-refractivity contribution in [1.29, 1.82) is 0 Å². The van der Waals surface area contributed by atoms with Gasteiger partial charge in [0.05, 0.1) is 5.41 Å². The number of carbonyl (C=O) groups excluding carboxylic acids is 1. The molecule has 0 bridgehead atoms. The first kappa shape index (κ1) is 10.7. The van der Waals surface area contributed by atoms with Crippen molar-refractivity contribution >= 4 is 5.78 Å². The third kappa shape index (κ3) is 2.74. The number of hydrogen-bond acceptors (Lipinski definition) is 2. The summed E-state index contributed by atoms with van der Waals surface area (Å²) in [6.45, 7) is 10.0. The van der Waals surface area contributed by atoms with Gasteiger partial charge in [0.15, 0.2) is 0 Å². The Morgan fingerprint density at radius 1 is 1.58 bits per heavy atom. The summed E-state index contributed by atoms with van der Waals surface area (Å²) in [4.78, 5) is 11.1. The number of allylic oxidation sites excluding steroid dienone is 3. The molecule has 0 amide bonds. The number of hydrogen-bond donors (Lipinski definition) is 1. The maximum Gasteiger partial charge on any atom is 0.143 e. The van der Waals surface area contributed by atoms with Gasteiger partial charge in [-0.2, -0.15) is 0 Å². The quantitative estimate of drug-likeness (QED) is 0.395. The molecule has 0 fully saturated rings. The van der Waals surface area contributed by atoms with Crippen LogP contribution in [0.1, 0.15) is 13.8 Å². The molecular weight excluding hydrogens is 152 g/mol. The van der Waals surface area contributed by atoms with Gasteiger partial charge in [0.2, 0.25) is 0 Å². The van der Waals surface area contributed by atoms with Crippen LogP contribution in [0.5, 0.6) is 0 Å². The van der Waals surface area contributed by atoms with Gasteiger partial charge in [-0.1, -0.05) is 18.7 Å². The van der Waals surface area contributed by atoms with Crippen molar-refractivity contribution in [2.45, 2.75) is 13.8 Å². The number of Topliss-reactive ketones (excluding diaryl/α,β-unsaturated/α-hetero) is 1. The van der Waals surface area contributed by atoms with Crippen LogP contribution < -0.4 is 0 Å². The first-order chi connectivity index (χ1) is 5.42. The summed E-state index contributed by atoms with van der Waals surface area (Å²) in [5, 5.41) is 8.77. The fourth-order valence-corrected chi connectivity index (χ4v) is 0.598. The molecule has 0 aliphatic rings. The van der Waals surface area contributed by atoms with E-state index in [1.807, 2.05) is 0 Å². The zero-order valence-corrected chi connectivity index (χ0v) is 7.50. The molecule has 0 radical (unpaired) electrons. The number of rotatable bonds is 4. The second-order valence-electron chi connectivity index (χ2n) is 2.87. The predicted molar refractivity (Wildman–Crippen MR) is 49.9 cm³/mol. The Balaban J connectivity index is 4.67. The first-order valence-corrected chi connectivity index (χ1v) is 3.64. The molecular formula is C10H14O2. The van der Waals surface area contributed by atoms with Crippen molar-refractivity contribution in [3.63, 3.8) is 0 Å². The minimum absolute atomic E-state index is 0.0185. The van der Waals surface area contributed by atoms with Gasteiger partial charge in [-0.25, -0.2) is 0 Å². The monoisotopic (exact) mass is 166 g/mol. The lowest BCUT2D eigenvalue weighted by molar-refractivity contribution is -0.121. The Morgan fingerprint density at radius 2 is 2.08 bits per heavy atom. The van der Waals surface area contributed by atoms with Crippen LogP contribution in [0.15, 0.2) is 37.1 Å². The molecule has 0 heterocycles. The lowest BCUT2D eigenvalue weighted by Gasteiger charge is -2.16. The van der Waals surface area contributed by atoms with E-state index in [0.29, 0.717) is 0 Å². The van der Waals surface area contributed by atoms with Gasteiger partial charge in [-0.3, -0.25) is 4.79 Å². The summed E-state index contributed by atoms with van der Waals surface area (Å²) < 4.78 is 0. The van der Waals surface area contributed by atoms with E-state index in [-0.39, 0.29) is 11.5 Å². The van der Waals surface area contributed by atoms with Gasteiger partial charge >= 0.3 is 0 Å². The SMILES string of the molecule is C=CC(C)(/C=C\C(=C)O)C(C)=O. The summed E-state index contributed by atoms with van der Waals surface area (Å²) in [5.41, 5.74) is -0.703. The fraction of sp³-hybridized carbons (Fsp3) is 0.300. The molecule has 0 aromatic rings. The second kappa shape index (κ2) is 3.90. The van der Waals surface area contributed by atoms with E-state index in [4.69, 9.17) is 5.11 Å². The Hall–Kier alpha value is -1.31. The van der Waals surface area contributed by atoms with E-state index in [1.54, 1.807) is 13.0 Å². The van der Waals surface area contributed by atoms with E-state index < -0.39 is 5.41 Å². The molecule has 2 heteroatoms. The van der Waals surface area contributed by atoms with Crippen LogP contribution in [-0.2, 0) is 4.79 Å². The lowest BCUT2D eigenvalue weighted by atomic mass is 9.86. The van der Waals surface area contributed by atoms with Crippen LogP contribution in [0, 0.1) is 5.41 Å². The van der Waals surface area contributed by atoms with Crippen molar-refractivity contribution in [3.05, 3.63) is 37.1 Å². The highest BCUT2D eigenvalue weighted by Crippen LogP contribution is 2.21. The molecule has 0 saturated heterocycles. The molecule has 12 heavy (non-hydrogen) atoms. The van der Waals surface area contributed by atoms with Gasteiger partial charge in [0.1, 0.15) is 11.5 Å². The summed E-state index contributed by atoms with van der Waals surface area (Å²) in [5.74, 6) is -0.0840. The number of aliphatic hydroxyl groups excluding tert-OH is 1. The third-order valence-corrected chi connectivity index (χ3v) is 1.80. The maximum absolute atomic E-state index is 11.1. The maximum atomic E-state index is 11.1. The molecule has 0 rings (SSSR count). The third-order valence-electron chi connectivity index (χ3n) is 1.80. The van der Waals surface area contributed by atoms with E-state index in [9.17, 15) is 4.79 Å². The predicted octanol–water partition coefficient (Wildman–Crippen LogP) is 2.40. The van der Waals surface area contributed by atoms with E-state index in [0.717, 1.165) is 0 Å². The topological polar surface area (TPSA) is 37.3 Å². The van der Waals surface area contributed by atoms with Crippen LogP contribution >= 0.6 is 0 Å². The molecule has 1 unspecified atom stereocenters. The average molecular weight is 166 g/mol. The van der Waals surface area contributed by atoms with Crippen LogP contribution in [0.3, 0.4) is 0 Å².